The van der Waals surface area contributed by atoms with E-state index in [4.69, 9.17) is 23.2 Å². The van der Waals surface area contributed by atoms with E-state index in [1.54, 1.807) is 4.72 Å². The van der Waals surface area contributed by atoms with Gasteiger partial charge in [-0.1, -0.05) is 29.3 Å². The van der Waals surface area contributed by atoms with Crippen LogP contribution in [-0.4, -0.2) is 14.5 Å². The molecule has 0 unspecified atom stereocenters. The number of anilines is 1. The summed E-state index contributed by atoms with van der Waals surface area (Å²) >= 11 is 11.5. The Labute approximate surface area is 143 Å². The first-order chi connectivity index (χ1) is 11.2. The van der Waals surface area contributed by atoms with Gasteiger partial charge >= 0.3 is 0 Å². The lowest BCUT2D eigenvalue weighted by atomic mass is 10.2. The van der Waals surface area contributed by atoms with Crippen LogP contribution in [0.1, 0.15) is 0 Å². The molecular weight excluding hydrogens is 392 g/mol. The Morgan fingerprint density at radius 2 is 1.79 bits per heavy atom. The van der Waals surface area contributed by atoms with Gasteiger partial charge in [-0.3, -0.25) is 4.72 Å². The predicted molar refractivity (Wildman–Crippen MR) is 81.4 cm³/mol. The SMILES string of the molecule is O=C=Nc1c(F)c(F)cc(NS(=O)(=O)c2cccc(Cl)c2Cl)c1F. The van der Waals surface area contributed by atoms with Crippen LogP contribution in [0.3, 0.4) is 0 Å². The van der Waals surface area contributed by atoms with Gasteiger partial charge in [-0.25, -0.2) is 26.4 Å². The number of isocyanates is 1. The van der Waals surface area contributed by atoms with Crippen molar-refractivity contribution < 1.29 is 26.4 Å². The minimum atomic E-state index is -4.49. The van der Waals surface area contributed by atoms with Crippen molar-refractivity contribution in [1.82, 2.24) is 0 Å². The molecule has 0 fully saturated rings. The van der Waals surface area contributed by atoms with Crippen molar-refractivity contribution in [3.05, 3.63) is 51.8 Å². The zero-order chi connectivity index (χ0) is 18.1. The fraction of sp³-hybridized carbons (Fsp3) is 0. The molecule has 2 aromatic rings. The van der Waals surface area contributed by atoms with Gasteiger partial charge in [0.2, 0.25) is 6.08 Å². The highest BCUT2D eigenvalue weighted by Gasteiger charge is 2.25. The largest absolute Gasteiger partial charge is 0.276 e. The van der Waals surface area contributed by atoms with E-state index >= 15 is 0 Å². The summed E-state index contributed by atoms with van der Waals surface area (Å²) in [5.74, 6) is -4.99. The third-order valence-corrected chi connectivity index (χ3v) is 5.08. The lowest BCUT2D eigenvalue weighted by molar-refractivity contribution is 0.498. The van der Waals surface area contributed by atoms with Crippen molar-refractivity contribution in [3.63, 3.8) is 0 Å². The van der Waals surface area contributed by atoms with Crippen LogP contribution in [-0.2, 0) is 14.8 Å². The van der Waals surface area contributed by atoms with Gasteiger partial charge in [-0.2, -0.15) is 4.99 Å². The lowest BCUT2D eigenvalue weighted by Crippen LogP contribution is -2.15. The van der Waals surface area contributed by atoms with Gasteiger partial charge in [0.15, 0.2) is 23.1 Å². The van der Waals surface area contributed by atoms with Crippen LogP contribution in [0.25, 0.3) is 0 Å². The maximum atomic E-state index is 14.1. The molecule has 0 aromatic heterocycles. The summed E-state index contributed by atoms with van der Waals surface area (Å²) in [5.41, 5.74) is -2.29. The number of nitrogens with one attached hydrogen (secondary N) is 1. The molecule has 0 bridgehead atoms. The zero-order valence-electron chi connectivity index (χ0n) is 11.3. The molecule has 5 nitrogen and oxygen atoms in total. The van der Waals surface area contributed by atoms with Crippen molar-refractivity contribution in [2.45, 2.75) is 4.90 Å². The number of carbonyl (C=O) groups excluding carboxylic acids is 1. The normalized spacial score (nSPS) is 11.0. The second-order valence-corrected chi connectivity index (χ2v) is 6.68. The Kier molecular flexibility index (Phi) is 5.19. The van der Waals surface area contributed by atoms with Crippen molar-refractivity contribution in [2.75, 3.05) is 4.72 Å². The molecule has 0 heterocycles. The molecule has 0 atom stereocenters. The molecule has 0 aliphatic rings. The van der Waals surface area contributed by atoms with E-state index in [2.05, 4.69) is 4.99 Å². The maximum absolute atomic E-state index is 14.1. The molecule has 2 aromatic carbocycles. The van der Waals surface area contributed by atoms with Crippen LogP contribution >= 0.6 is 23.2 Å². The third kappa shape index (κ3) is 3.39. The van der Waals surface area contributed by atoms with E-state index in [0.717, 1.165) is 12.1 Å². The molecule has 11 heteroatoms. The van der Waals surface area contributed by atoms with Crippen molar-refractivity contribution >= 4 is 50.7 Å². The van der Waals surface area contributed by atoms with Crippen molar-refractivity contribution in [2.24, 2.45) is 4.99 Å². The van der Waals surface area contributed by atoms with Crippen molar-refractivity contribution in [1.29, 1.82) is 0 Å². The Bertz CT molecular complexity index is 977. The lowest BCUT2D eigenvalue weighted by Gasteiger charge is -2.12. The molecule has 126 valence electrons. The van der Waals surface area contributed by atoms with Gasteiger partial charge in [0.25, 0.3) is 10.0 Å². The molecule has 0 radical (unpaired) electrons. The van der Waals surface area contributed by atoms with Gasteiger partial charge in [0.05, 0.1) is 15.7 Å². The number of rotatable bonds is 4. The van der Waals surface area contributed by atoms with Crippen LogP contribution < -0.4 is 4.72 Å². The van der Waals surface area contributed by atoms with Crippen LogP contribution in [0.5, 0.6) is 0 Å². The fourth-order valence-electron chi connectivity index (χ4n) is 1.70. The molecule has 2 rings (SSSR count). The summed E-state index contributed by atoms with van der Waals surface area (Å²) in [6, 6.07) is 3.91. The number of hydrogen-bond acceptors (Lipinski definition) is 4. The summed E-state index contributed by atoms with van der Waals surface area (Å²) in [4.78, 5) is 12.3. The van der Waals surface area contributed by atoms with E-state index in [1.165, 1.54) is 12.1 Å². The monoisotopic (exact) mass is 396 g/mol. The maximum Gasteiger partial charge on any atom is 0.263 e. The number of halogens is 5. The average Bonchev–Trinajstić information content (AvgIpc) is 2.51. The minimum Gasteiger partial charge on any atom is -0.276 e. The topological polar surface area (TPSA) is 75.6 Å². The second-order valence-electron chi connectivity index (χ2n) is 4.24. The summed E-state index contributed by atoms with van der Waals surface area (Å²) < 4.78 is 67.1. The van der Waals surface area contributed by atoms with E-state index in [9.17, 15) is 26.4 Å². The quantitative estimate of drug-likeness (QED) is 0.478. The number of benzene rings is 2. The van der Waals surface area contributed by atoms with Gasteiger partial charge < -0.3 is 0 Å². The first-order valence-corrected chi connectivity index (χ1v) is 8.15. The smallest absolute Gasteiger partial charge is 0.263 e. The highest BCUT2D eigenvalue weighted by Crippen LogP contribution is 2.34. The van der Waals surface area contributed by atoms with Crippen LogP contribution in [0.15, 0.2) is 34.2 Å². The summed E-state index contributed by atoms with van der Waals surface area (Å²) in [6.45, 7) is 0. The van der Waals surface area contributed by atoms with Gasteiger partial charge in [0.1, 0.15) is 4.90 Å². The summed E-state index contributed by atoms with van der Waals surface area (Å²) in [5, 5.41) is -0.433. The van der Waals surface area contributed by atoms with Gasteiger partial charge in [-0.05, 0) is 12.1 Å². The third-order valence-electron chi connectivity index (χ3n) is 2.74. The molecule has 1 N–H and O–H groups in total. The summed E-state index contributed by atoms with van der Waals surface area (Å²) in [6.07, 6.45) is 0.844. The van der Waals surface area contributed by atoms with E-state index in [-0.39, 0.29) is 16.1 Å². The van der Waals surface area contributed by atoms with Crippen LogP contribution in [0.2, 0.25) is 10.0 Å². The zero-order valence-corrected chi connectivity index (χ0v) is 13.6. The molecule has 0 amide bonds. The van der Waals surface area contributed by atoms with Gasteiger partial charge in [-0.15, -0.1) is 0 Å². The highest BCUT2D eigenvalue weighted by atomic mass is 35.5. The molecule has 0 aliphatic heterocycles. The standard InChI is InChI=1S/C13H5Cl2F3N2O3S/c14-6-2-1-3-9(10(6)15)24(22,23)20-8-4-7(16)11(17)13(12(8)18)19-5-21/h1-4,20H. The fourth-order valence-corrected chi connectivity index (χ4v) is 3.51. The van der Waals surface area contributed by atoms with E-state index in [0.29, 0.717) is 0 Å². The van der Waals surface area contributed by atoms with E-state index < -0.39 is 43.7 Å². The number of aliphatic imine (C=N–C) groups is 1. The highest BCUT2D eigenvalue weighted by molar-refractivity contribution is 7.92. The minimum absolute atomic E-state index is 0.0865. The number of nitrogens with zero attached hydrogens (tertiary/aromatic N) is 1. The van der Waals surface area contributed by atoms with Crippen LogP contribution in [0.4, 0.5) is 24.5 Å². The average molecular weight is 397 g/mol. The molecule has 0 aliphatic carbocycles. The van der Waals surface area contributed by atoms with Gasteiger partial charge in [0, 0.05) is 6.07 Å². The predicted octanol–water partition coefficient (Wildman–Crippen LogP) is 4.18. The Hall–Kier alpha value is -2.06. The first-order valence-electron chi connectivity index (χ1n) is 5.91. The number of sulfonamides is 1. The Morgan fingerprint density at radius 1 is 1.12 bits per heavy atom. The molecule has 0 saturated heterocycles. The molecule has 24 heavy (non-hydrogen) atoms. The number of hydrogen-bond donors (Lipinski definition) is 1. The molecule has 0 saturated carbocycles. The Morgan fingerprint density at radius 3 is 2.42 bits per heavy atom. The van der Waals surface area contributed by atoms with Crippen molar-refractivity contribution in [3.8, 4) is 0 Å². The van der Waals surface area contributed by atoms with E-state index in [1.807, 2.05) is 0 Å². The molecular formula is C13H5Cl2F3N2O3S. The first kappa shape index (κ1) is 18.3. The summed E-state index contributed by atoms with van der Waals surface area (Å²) in [7, 11) is -4.49. The molecule has 0 spiro atoms. The Balaban J connectivity index is 2.59. The second kappa shape index (κ2) is 6.82. The van der Waals surface area contributed by atoms with Crippen LogP contribution in [0, 0.1) is 17.5 Å².